The van der Waals surface area contributed by atoms with Gasteiger partial charge in [-0.1, -0.05) is 19.3 Å². The Kier molecular flexibility index (Phi) is 6.73. The first kappa shape index (κ1) is 16.0. The lowest BCUT2D eigenvalue weighted by molar-refractivity contribution is 0.147. The van der Waals surface area contributed by atoms with Gasteiger partial charge in [-0.05, 0) is 26.2 Å². The molecule has 1 aliphatic carbocycles. The van der Waals surface area contributed by atoms with Gasteiger partial charge in [-0.3, -0.25) is 0 Å². The van der Waals surface area contributed by atoms with Gasteiger partial charge in [-0.2, -0.15) is 4.98 Å². The summed E-state index contributed by atoms with van der Waals surface area (Å²) in [5.41, 5.74) is 0. The van der Waals surface area contributed by atoms with Crippen molar-refractivity contribution in [3.8, 4) is 5.88 Å². The molecular formula is C16H27N3O2. The first-order valence-electron chi connectivity index (χ1n) is 8.08. The van der Waals surface area contributed by atoms with Gasteiger partial charge in [0.2, 0.25) is 5.88 Å². The Labute approximate surface area is 127 Å². The topological polar surface area (TPSA) is 56.3 Å². The molecule has 0 spiro atoms. The summed E-state index contributed by atoms with van der Waals surface area (Å²) in [6, 6.07) is 1.87. The van der Waals surface area contributed by atoms with E-state index in [0.29, 0.717) is 11.8 Å². The molecule has 1 saturated carbocycles. The van der Waals surface area contributed by atoms with E-state index < -0.39 is 0 Å². The molecule has 0 aliphatic heterocycles. The molecule has 1 heterocycles. The highest BCUT2D eigenvalue weighted by Crippen LogP contribution is 2.32. The first-order chi connectivity index (χ1) is 10.3. The Hall–Kier alpha value is -1.36. The van der Waals surface area contributed by atoms with Crippen LogP contribution in [0.3, 0.4) is 0 Å². The van der Waals surface area contributed by atoms with Crippen molar-refractivity contribution in [2.75, 3.05) is 32.2 Å². The quantitative estimate of drug-likeness (QED) is 0.745. The van der Waals surface area contributed by atoms with Gasteiger partial charge >= 0.3 is 0 Å². The minimum Gasteiger partial charge on any atom is -0.481 e. The van der Waals surface area contributed by atoms with E-state index in [-0.39, 0.29) is 0 Å². The molecule has 0 unspecified atom stereocenters. The second kappa shape index (κ2) is 8.82. The fourth-order valence-electron chi connectivity index (χ4n) is 2.72. The smallest absolute Gasteiger partial charge is 0.218 e. The Morgan fingerprint density at radius 3 is 2.76 bits per heavy atom. The Morgan fingerprint density at radius 2 is 2.05 bits per heavy atom. The molecular weight excluding hydrogens is 266 g/mol. The van der Waals surface area contributed by atoms with E-state index in [0.717, 1.165) is 37.8 Å². The highest BCUT2D eigenvalue weighted by molar-refractivity contribution is 5.38. The van der Waals surface area contributed by atoms with Crippen LogP contribution in [0.5, 0.6) is 5.88 Å². The molecule has 1 N–H and O–H groups in total. The van der Waals surface area contributed by atoms with Crippen LogP contribution in [0.4, 0.5) is 5.82 Å². The van der Waals surface area contributed by atoms with E-state index in [9.17, 15) is 0 Å². The summed E-state index contributed by atoms with van der Waals surface area (Å²) in [5, 5.41) is 3.35. The maximum absolute atomic E-state index is 5.34. The number of nitrogens with zero attached hydrogens (tertiary/aromatic N) is 2. The zero-order valence-electron chi connectivity index (χ0n) is 13.2. The summed E-state index contributed by atoms with van der Waals surface area (Å²) in [6.45, 7) is 4.41. The molecule has 2 rings (SSSR count). The van der Waals surface area contributed by atoms with Gasteiger partial charge < -0.3 is 14.8 Å². The van der Waals surface area contributed by atoms with Gasteiger partial charge in [-0.25, -0.2) is 4.98 Å². The third-order valence-corrected chi connectivity index (χ3v) is 3.88. The van der Waals surface area contributed by atoms with Gasteiger partial charge in [0.1, 0.15) is 11.6 Å². The van der Waals surface area contributed by atoms with E-state index in [2.05, 4.69) is 15.3 Å². The molecule has 0 saturated heterocycles. The Morgan fingerprint density at radius 1 is 1.24 bits per heavy atom. The minimum absolute atomic E-state index is 0.484. The summed E-state index contributed by atoms with van der Waals surface area (Å²) in [6.07, 6.45) is 7.25. The SMILES string of the molecule is CCOCCCNc1cc(OC)nc(C2CCCCC2)n1. The molecule has 1 fully saturated rings. The first-order valence-corrected chi connectivity index (χ1v) is 8.08. The minimum atomic E-state index is 0.484. The Bertz CT molecular complexity index is 420. The molecule has 1 aromatic rings. The lowest BCUT2D eigenvalue weighted by atomic mass is 9.89. The number of ether oxygens (including phenoxy) is 2. The van der Waals surface area contributed by atoms with Crippen molar-refractivity contribution in [2.24, 2.45) is 0 Å². The van der Waals surface area contributed by atoms with Gasteiger partial charge in [0.25, 0.3) is 0 Å². The summed E-state index contributed by atoms with van der Waals surface area (Å²) < 4.78 is 10.7. The number of hydrogen-bond acceptors (Lipinski definition) is 5. The van der Waals surface area contributed by atoms with Crippen LogP contribution in [-0.4, -0.2) is 36.8 Å². The van der Waals surface area contributed by atoms with Crippen LogP contribution in [0.25, 0.3) is 0 Å². The molecule has 5 heteroatoms. The molecule has 1 aromatic heterocycles. The van der Waals surface area contributed by atoms with E-state index in [1.165, 1.54) is 32.1 Å². The summed E-state index contributed by atoms with van der Waals surface area (Å²) in [5.74, 6) is 2.93. The standard InChI is InChI=1S/C16H27N3O2/c1-3-21-11-7-10-17-14-12-15(20-2)19-16(18-14)13-8-5-4-6-9-13/h12-13H,3-11H2,1-2H3,(H,17,18,19). The molecule has 0 radical (unpaired) electrons. The average molecular weight is 293 g/mol. The number of rotatable bonds is 8. The van der Waals surface area contributed by atoms with Gasteiger partial charge in [0.15, 0.2) is 0 Å². The molecule has 1 aliphatic rings. The third kappa shape index (κ3) is 5.16. The van der Waals surface area contributed by atoms with E-state index in [4.69, 9.17) is 9.47 Å². The van der Waals surface area contributed by atoms with Gasteiger partial charge in [0.05, 0.1) is 7.11 Å². The number of aromatic nitrogens is 2. The van der Waals surface area contributed by atoms with Crippen molar-refractivity contribution in [2.45, 2.75) is 51.4 Å². The molecule has 0 amide bonds. The van der Waals surface area contributed by atoms with Crippen LogP contribution in [0.1, 0.15) is 57.2 Å². The highest BCUT2D eigenvalue weighted by Gasteiger charge is 2.19. The maximum atomic E-state index is 5.34. The highest BCUT2D eigenvalue weighted by atomic mass is 16.5. The van der Waals surface area contributed by atoms with Crippen molar-refractivity contribution >= 4 is 5.82 Å². The van der Waals surface area contributed by atoms with Crippen LogP contribution < -0.4 is 10.1 Å². The predicted molar refractivity (Wildman–Crippen MR) is 84.0 cm³/mol. The number of methoxy groups -OCH3 is 1. The van der Waals surface area contributed by atoms with Crippen molar-refractivity contribution in [1.29, 1.82) is 0 Å². The summed E-state index contributed by atoms with van der Waals surface area (Å²) >= 11 is 0. The van der Waals surface area contributed by atoms with Crippen molar-refractivity contribution in [3.05, 3.63) is 11.9 Å². The average Bonchev–Trinajstić information content (AvgIpc) is 2.55. The van der Waals surface area contributed by atoms with Crippen LogP contribution >= 0.6 is 0 Å². The normalized spacial score (nSPS) is 15.9. The number of hydrogen-bond donors (Lipinski definition) is 1. The summed E-state index contributed by atoms with van der Waals surface area (Å²) in [4.78, 5) is 9.22. The monoisotopic (exact) mass is 293 g/mol. The molecule has 5 nitrogen and oxygen atoms in total. The lowest BCUT2D eigenvalue weighted by Crippen LogP contribution is -2.13. The fraction of sp³-hybridized carbons (Fsp3) is 0.750. The number of anilines is 1. The van der Waals surface area contributed by atoms with Crippen LogP contribution in [0.15, 0.2) is 6.07 Å². The van der Waals surface area contributed by atoms with Gasteiger partial charge in [0, 0.05) is 31.7 Å². The molecule has 0 atom stereocenters. The summed E-state index contributed by atoms with van der Waals surface area (Å²) in [7, 11) is 1.66. The Balaban J connectivity index is 1.96. The maximum Gasteiger partial charge on any atom is 0.218 e. The van der Waals surface area contributed by atoms with E-state index in [1.807, 2.05) is 13.0 Å². The van der Waals surface area contributed by atoms with Crippen LogP contribution in [0, 0.1) is 0 Å². The fourth-order valence-corrected chi connectivity index (χ4v) is 2.72. The second-order valence-corrected chi connectivity index (χ2v) is 5.47. The molecule has 21 heavy (non-hydrogen) atoms. The van der Waals surface area contributed by atoms with Crippen molar-refractivity contribution in [3.63, 3.8) is 0 Å². The largest absolute Gasteiger partial charge is 0.481 e. The second-order valence-electron chi connectivity index (χ2n) is 5.47. The van der Waals surface area contributed by atoms with Crippen molar-refractivity contribution < 1.29 is 9.47 Å². The lowest BCUT2D eigenvalue weighted by Gasteiger charge is -2.21. The van der Waals surface area contributed by atoms with E-state index >= 15 is 0 Å². The van der Waals surface area contributed by atoms with Crippen LogP contribution in [-0.2, 0) is 4.74 Å². The zero-order chi connectivity index (χ0) is 14.9. The third-order valence-electron chi connectivity index (χ3n) is 3.88. The van der Waals surface area contributed by atoms with Crippen LogP contribution in [0.2, 0.25) is 0 Å². The molecule has 118 valence electrons. The predicted octanol–water partition coefficient (Wildman–Crippen LogP) is 3.37. The zero-order valence-corrected chi connectivity index (χ0v) is 13.2. The van der Waals surface area contributed by atoms with Gasteiger partial charge in [-0.15, -0.1) is 0 Å². The van der Waals surface area contributed by atoms with E-state index in [1.54, 1.807) is 7.11 Å². The van der Waals surface area contributed by atoms with Crippen molar-refractivity contribution in [1.82, 2.24) is 9.97 Å². The molecule has 0 aromatic carbocycles. The molecule has 0 bridgehead atoms. The number of nitrogens with one attached hydrogen (secondary N) is 1.